The molecule has 0 aromatic rings. The summed E-state index contributed by atoms with van der Waals surface area (Å²) in [6, 6.07) is 1.50. The Hall–Kier alpha value is 1.59. The fourth-order valence-electron chi connectivity index (χ4n) is 2.99. The first-order valence-corrected chi connectivity index (χ1v) is 17.6. The van der Waals surface area contributed by atoms with E-state index in [2.05, 4.69) is 25.5 Å². The number of rotatable bonds is 15. The monoisotopic (exact) mass is 484 g/mol. The van der Waals surface area contributed by atoms with Crippen molar-refractivity contribution in [3.05, 3.63) is 0 Å². The minimum absolute atomic E-state index is 0.343. The molecule has 0 radical (unpaired) electrons. The zero-order valence-corrected chi connectivity index (χ0v) is 22.6. The van der Waals surface area contributed by atoms with Crippen LogP contribution in [0.15, 0.2) is 0 Å². The Balaban J connectivity index is 4.96. The Labute approximate surface area is 176 Å². The first-order chi connectivity index (χ1) is 12.1. The average Bonchev–Trinajstić information content (AvgIpc) is 2.64. The molecule has 0 fully saturated rings. The van der Waals surface area contributed by atoms with E-state index in [9.17, 15) is 0 Å². The molecule has 0 amide bonds. The van der Waals surface area contributed by atoms with Gasteiger partial charge in [0, 0.05) is 54.7 Å². The molecule has 160 valence electrons. The summed E-state index contributed by atoms with van der Waals surface area (Å²) in [5.74, 6) is 2.55. The van der Waals surface area contributed by atoms with Crippen LogP contribution in [-0.4, -0.2) is 71.8 Å². The molecule has 0 aliphatic carbocycles. The molecule has 0 aromatic carbocycles. The highest BCUT2D eigenvalue weighted by Gasteiger charge is 2.43. The number of thiol groups is 2. The van der Waals surface area contributed by atoms with Gasteiger partial charge in [-0.2, -0.15) is 0 Å². The van der Waals surface area contributed by atoms with Crippen molar-refractivity contribution in [2.45, 2.75) is 25.9 Å². The highest BCUT2D eigenvalue weighted by molar-refractivity contribution is 9.33. The SMILES string of the molecule is CO[Si](CC(C)CS(S)(CC(C)C[Si](OC)(OC)OC)SS)(OC)OC. The van der Waals surface area contributed by atoms with Crippen molar-refractivity contribution in [3.63, 3.8) is 0 Å². The maximum atomic E-state index is 5.55. The molecular formula is C14H36O6S4Si2. The van der Waals surface area contributed by atoms with Gasteiger partial charge in [-0.3, -0.25) is 0 Å². The van der Waals surface area contributed by atoms with Crippen LogP contribution in [0.25, 0.3) is 0 Å². The van der Waals surface area contributed by atoms with Crippen LogP contribution < -0.4 is 0 Å². The fourth-order valence-corrected chi connectivity index (χ4v) is 14.1. The molecule has 0 aliphatic heterocycles. The van der Waals surface area contributed by atoms with E-state index >= 15 is 0 Å². The zero-order chi connectivity index (χ0) is 20.4. The van der Waals surface area contributed by atoms with E-state index in [1.54, 1.807) is 52.5 Å². The molecule has 12 heteroatoms. The Morgan fingerprint density at radius 2 is 1.00 bits per heavy atom. The smallest absolute Gasteiger partial charge is 0.377 e. The third-order valence-corrected chi connectivity index (χ3v) is 19.7. The molecule has 0 aliphatic rings. The number of hydrogen-bond donors (Lipinski definition) is 2. The Morgan fingerprint density at radius 1 is 0.731 bits per heavy atom. The predicted octanol–water partition coefficient (Wildman–Crippen LogP) is 4.16. The van der Waals surface area contributed by atoms with E-state index < -0.39 is 25.7 Å². The molecule has 0 aromatic heterocycles. The average molecular weight is 485 g/mol. The summed E-state index contributed by atoms with van der Waals surface area (Å²) in [6.45, 7) is 4.37. The summed E-state index contributed by atoms with van der Waals surface area (Å²) in [7, 11) is 4.95. The number of hydrogen-bond acceptors (Lipinski definition) is 9. The molecule has 6 nitrogen and oxygen atoms in total. The van der Waals surface area contributed by atoms with Crippen LogP contribution in [0, 0.1) is 11.8 Å². The third kappa shape index (κ3) is 8.53. The molecule has 2 unspecified atom stereocenters. The van der Waals surface area contributed by atoms with E-state index in [1.165, 1.54) is 0 Å². The quantitative estimate of drug-likeness (QED) is 0.206. The Bertz CT molecular complexity index is 342. The predicted molar refractivity (Wildman–Crippen MR) is 124 cm³/mol. The lowest BCUT2D eigenvalue weighted by Crippen LogP contribution is -2.45. The summed E-state index contributed by atoms with van der Waals surface area (Å²) >= 11 is 9.55. The van der Waals surface area contributed by atoms with E-state index in [0.29, 0.717) is 11.8 Å². The van der Waals surface area contributed by atoms with Gasteiger partial charge in [-0.05, 0) is 33.2 Å². The van der Waals surface area contributed by atoms with Crippen LogP contribution in [0.2, 0.25) is 12.1 Å². The van der Waals surface area contributed by atoms with Crippen molar-refractivity contribution in [3.8, 4) is 0 Å². The summed E-state index contributed by atoms with van der Waals surface area (Å²) in [5, 5.41) is 0. The molecule has 26 heavy (non-hydrogen) atoms. The molecular weight excluding hydrogens is 449 g/mol. The minimum atomic E-state index is -2.60. The first-order valence-electron chi connectivity index (χ1n) is 8.28. The standard InChI is InChI=1S/C14H36O6S4Si2/c1-13(11-25(15-3,16-4)17-5)9-24(22,23-21)10-14(2)12-26(18-6,19-7)20-8/h13-14,21-22H,9-12H2,1-8H3. The summed E-state index contributed by atoms with van der Waals surface area (Å²) < 4.78 is 33.3. The summed E-state index contributed by atoms with van der Waals surface area (Å²) in [5.41, 5.74) is 0. The highest BCUT2D eigenvalue weighted by Crippen LogP contribution is 2.67. The Kier molecular flexibility index (Phi) is 13.8. The van der Waals surface area contributed by atoms with E-state index in [4.69, 9.17) is 38.2 Å². The fraction of sp³-hybridized carbons (Fsp3) is 1.00. The zero-order valence-electron chi connectivity index (χ0n) is 17.1. The largest absolute Gasteiger partial charge is 0.500 e. The topological polar surface area (TPSA) is 55.4 Å². The lowest BCUT2D eigenvalue weighted by atomic mass is 10.3. The van der Waals surface area contributed by atoms with Crippen molar-refractivity contribution in [2.24, 2.45) is 11.8 Å². The van der Waals surface area contributed by atoms with Crippen molar-refractivity contribution in [1.29, 1.82) is 0 Å². The normalized spacial score (nSPS) is 19.0. The second kappa shape index (κ2) is 13.0. The maximum Gasteiger partial charge on any atom is 0.500 e. The molecule has 0 heterocycles. The van der Waals surface area contributed by atoms with Gasteiger partial charge in [0.05, 0.1) is 0 Å². The van der Waals surface area contributed by atoms with Crippen LogP contribution >= 0.6 is 41.2 Å². The second-order valence-electron chi connectivity index (χ2n) is 6.39. The molecule has 0 saturated heterocycles. The van der Waals surface area contributed by atoms with Crippen LogP contribution in [-0.2, 0) is 26.6 Å². The van der Waals surface area contributed by atoms with Crippen LogP contribution in [0.1, 0.15) is 13.8 Å². The molecule has 0 saturated carbocycles. The van der Waals surface area contributed by atoms with Crippen molar-refractivity contribution in [2.75, 3.05) is 54.2 Å². The lowest BCUT2D eigenvalue weighted by molar-refractivity contribution is 0.119. The molecule has 0 spiro atoms. The van der Waals surface area contributed by atoms with Crippen LogP contribution in [0.5, 0.6) is 0 Å². The van der Waals surface area contributed by atoms with Crippen molar-refractivity contribution < 1.29 is 26.6 Å². The van der Waals surface area contributed by atoms with Crippen molar-refractivity contribution in [1.82, 2.24) is 0 Å². The summed E-state index contributed by atoms with van der Waals surface area (Å²) in [6.07, 6.45) is 0. The maximum absolute atomic E-state index is 5.55. The highest BCUT2D eigenvalue weighted by atomic mass is 33.7. The van der Waals surface area contributed by atoms with Gasteiger partial charge in [0.25, 0.3) is 0 Å². The summed E-state index contributed by atoms with van der Waals surface area (Å²) in [4.78, 5) is 0. The van der Waals surface area contributed by atoms with Crippen molar-refractivity contribution >= 4 is 58.8 Å². The van der Waals surface area contributed by atoms with E-state index in [-0.39, 0.29) is 0 Å². The van der Waals surface area contributed by atoms with Gasteiger partial charge in [-0.15, -0.1) is 31.4 Å². The van der Waals surface area contributed by atoms with E-state index in [0.717, 1.165) is 23.6 Å². The first kappa shape index (κ1) is 27.6. The van der Waals surface area contributed by atoms with Gasteiger partial charge < -0.3 is 26.6 Å². The van der Waals surface area contributed by atoms with Crippen LogP contribution in [0.4, 0.5) is 0 Å². The van der Waals surface area contributed by atoms with Gasteiger partial charge in [-0.25, -0.2) is 0 Å². The molecule has 0 rings (SSSR count). The Morgan fingerprint density at radius 3 is 1.19 bits per heavy atom. The van der Waals surface area contributed by atoms with Gasteiger partial charge in [0.2, 0.25) is 0 Å². The van der Waals surface area contributed by atoms with E-state index in [1.807, 2.05) is 0 Å². The van der Waals surface area contributed by atoms with Gasteiger partial charge >= 0.3 is 17.6 Å². The molecule has 2 atom stereocenters. The molecule has 0 N–H and O–H groups in total. The van der Waals surface area contributed by atoms with Crippen LogP contribution in [0.3, 0.4) is 0 Å². The second-order valence-corrected chi connectivity index (χ2v) is 21.3. The molecule has 0 bridgehead atoms. The van der Waals surface area contributed by atoms with Gasteiger partial charge in [-0.1, -0.05) is 13.8 Å². The lowest BCUT2D eigenvalue weighted by Gasteiger charge is -2.38. The van der Waals surface area contributed by atoms with Gasteiger partial charge in [0.15, 0.2) is 0 Å². The van der Waals surface area contributed by atoms with Gasteiger partial charge in [0.1, 0.15) is 0 Å². The minimum Gasteiger partial charge on any atom is -0.377 e. The third-order valence-electron chi connectivity index (χ3n) is 4.29.